The largest absolute Gasteiger partial charge is 0.573 e. The van der Waals surface area contributed by atoms with Crippen molar-refractivity contribution in [2.24, 2.45) is 5.92 Å². The molecule has 2 aliphatic heterocycles. The average Bonchev–Trinajstić information content (AvgIpc) is 3.09. The minimum Gasteiger partial charge on any atom is -0.406 e. The maximum Gasteiger partial charge on any atom is 0.573 e. The predicted octanol–water partition coefficient (Wildman–Crippen LogP) is 1.94. The van der Waals surface area contributed by atoms with Crippen LogP contribution in [0.25, 0.3) is 0 Å². The van der Waals surface area contributed by atoms with Crippen LogP contribution in [0.5, 0.6) is 5.75 Å². The molecule has 26 heavy (non-hydrogen) atoms. The number of ether oxygens (including phenoxy) is 3. The number of anilines is 1. The highest BCUT2D eigenvalue weighted by Crippen LogP contribution is 2.28. The van der Waals surface area contributed by atoms with Crippen molar-refractivity contribution in [1.82, 2.24) is 5.32 Å². The number of nitrogens with one attached hydrogen (secondary N) is 1. The topological polar surface area (TPSA) is 60.0 Å². The normalized spacial score (nSPS) is 23.7. The fourth-order valence-corrected chi connectivity index (χ4v) is 3.09. The van der Waals surface area contributed by atoms with Gasteiger partial charge in [-0.3, -0.25) is 4.79 Å². The molecule has 0 radical (unpaired) electrons. The number of carbonyl (C=O) groups excluding carboxylic acids is 1. The number of alkyl halides is 3. The number of rotatable bonds is 5. The molecule has 2 atom stereocenters. The molecule has 9 heteroatoms. The monoisotopic (exact) mass is 374 g/mol. The molecule has 2 fully saturated rings. The molecular weight excluding hydrogens is 353 g/mol. The Bertz CT molecular complexity index is 603. The van der Waals surface area contributed by atoms with Crippen molar-refractivity contribution < 1.29 is 32.2 Å². The molecule has 2 aliphatic rings. The fraction of sp³-hybridized carbons (Fsp3) is 0.588. The van der Waals surface area contributed by atoms with Gasteiger partial charge in [-0.1, -0.05) is 0 Å². The molecule has 0 aliphatic carbocycles. The molecule has 2 saturated heterocycles. The lowest BCUT2D eigenvalue weighted by Gasteiger charge is -2.23. The zero-order chi connectivity index (χ0) is 18.6. The van der Waals surface area contributed by atoms with Gasteiger partial charge in [0.05, 0.1) is 19.8 Å². The second kappa shape index (κ2) is 8.13. The second-order valence-corrected chi connectivity index (χ2v) is 6.32. The molecule has 0 unspecified atom stereocenters. The van der Waals surface area contributed by atoms with Gasteiger partial charge in [0.1, 0.15) is 5.75 Å². The average molecular weight is 374 g/mol. The smallest absolute Gasteiger partial charge is 0.406 e. The highest BCUT2D eigenvalue weighted by Gasteiger charge is 2.31. The standard InChI is InChI=1S/C17H21F3N2O4/c18-17(19,20)26-14-3-1-13(2-4-14)22-6-5-12(10-22)9-21-16(23)15-11-24-7-8-25-15/h1-4,12,15H,5-11H2,(H,21,23)/t12-,15+/m1/s1. The molecule has 1 aromatic carbocycles. The maximum atomic E-state index is 12.2. The van der Waals surface area contributed by atoms with Gasteiger partial charge in [0.15, 0.2) is 6.10 Å². The van der Waals surface area contributed by atoms with E-state index in [1.165, 1.54) is 12.1 Å². The van der Waals surface area contributed by atoms with E-state index < -0.39 is 12.5 Å². The van der Waals surface area contributed by atoms with Crippen molar-refractivity contribution in [1.29, 1.82) is 0 Å². The third-order valence-corrected chi connectivity index (χ3v) is 4.39. The fourth-order valence-electron chi connectivity index (χ4n) is 3.09. The van der Waals surface area contributed by atoms with E-state index in [1.54, 1.807) is 12.1 Å². The summed E-state index contributed by atoms with van der Waals surface area (Å²) in [4.78, 5) is 14.1. The van der Waals surface area contributed by atoms with Crippen molar-refractivity contribution in [3.63, 3.8) is 0 Å². The molecule has 0 bridgehead atoms. The molecule has 144 valence electrons. The van der Waals surface area contributed by atoms with Crippen LogP contribution in [-0.2, 0) is 14.3 Å². The number of halogens is 3. The van der Waals surface area contributed by atoms with Crippen molar-refractivity contribution in [3.05, 3.63) is 24.3 Å². The SMILES string of the molecule is O=C(NC[C@H]1CCN(c2ccc(OC(F)(F)F)cc2)C1)[C@@H]1COCCO1. The highest BCUT2D eigenvalue weighted by molar-refractivity contribution is 5.81. The van der Waals surface area contributed by atoms with E-state index in [9.17, 15) is 18.0 Å². The van der Waals surface area contributed by atoms with Crippen LogP contribution >= 0.6 is 0 Å². The molecule has 2 heterocycles. The quantitative estimate of drug-likeness (QED) is 0.854. The number of benzene rings is 1. The molecule has 1 aromatic rings. The van der Waals surface area contributed by atoms with E-state index in [0.717, 1.165) is 25.2 Å². The number of nitrogens with zero attached hydrogens (tertiary/aromatic N) is 1. The Morgan fingerprint density at radius 2 is 2.04 bits per heavy atom. The van der Waals surface area contributed by atoms with Gasteiger partial charge in [0.2, 0.25) is 0 Å². The maximum absolute atomic E-state index is 12.2. The summed E-state index contributed by atoms with van der Waals surface area (Å²) in [5.74, 6) is -0.134. The van der Waals surface area contributed by atoms with Crippen LogP contribution in [0.1, 0.15) is 6.42 Å². The van der Waals surface area contributed by atoms with Crippen LogP contribution in [0.4, 0.5) is 18.9 Å². The summed E-state index contributed by atoms with van der Waals surface area (Å²) in [7, 11) is 0. The zero-order valence-corrected chi connectivity index (χ0v) is 14.1. The minimum atomic E-state index is -4.69. The number of amides is 1. The van der Waals surface area contributed by atoms with Crippen LogP contribution in [-0.4, -0.2) is 57.8 Å². The van der Waals surface area contributed by atoms with Gasteiger partial charge in [0.25, 0.3) is 5.91 Å². The predicted molar refractivity (Wildman–Crippen MR) is 87.0 cm³/mol. The zero-order valence-electron chi connectivity index (χ0n) is 14.1. The Morgan fingerprint density at radius 3 is 2.69 bits per heavy atom. The molecule has 6 nitrogen and oxygen atoms in total. The van der Waals surface area contributed by atoms with Crippen LogP contribution in [0.3, 0.4) is 0 Å². The number of hydrogen-bond donors (Lipinski definition) is 1. The number of carbonyl (C=O) groups is 1. The molecule has 0 saturated carbocycles. The van der Waals surface area contributed by atoms with Gasteiger partial charge in [-0.2, -0.15) is 0 Å². The first kappa shape index (κ1) is 18.8. The Labute approximate surface area is 149 Å². The lowest BCUT2D eigenvalue weighted by atomic mass is 10.1. The third-order valence-electron chi connectivity index (χ3n) is 4.39. The Balaban J connectivity index is 1.45. The van der Waals surface area contributed by atoms with Crippen molar-refractivity contribution in [2.45, 2.75) is 18.9 Å². The van der Waals surface area contributed by atoms with E-state index >= 15 is 0 Å². The van der Waals surface area contributed by atoms with Crippen LogP contribution < -0.4 is 15.0 Å². The van der Waals surface area contributed by atoms with E-state index in [4.69, 9.17) is 9.47 Å². The Kier molecular flexibility index (Phi) is 5.87. The van der Waals surface area contributed by atoms with Gasteiger partial charge < -0.3 is 24.4 Å². The first-order valence-corrected chi connectivity index (χ1v) is 8.48. The summed E-state index contributed by atoms with van der Waals surface area (Å²) in [5.41, 5.74) is 0.831. The summed E-state index contributed by atoms with van der Waals surface area (Å²) in [5, 5.41) is 2.89. The minimum absolute atomic E-state index is 0.170. The molecule has 1 amide bonds. The van der Waals surface area contributed by atoms with Gasteiger partial charge >= 0.3 is 6.36 Å². The lowest BCUT2D eigenvalue weighted by Crippen LogP contribution is -2.44. The van der Waals surface area contributed by atoms with Crippen LogP contribution in [0.2, 0.25) is 0 Å². The van der Waals surface area contributed by atoms with Crippen molar-refractivity contribution in [2.75, 3.05) is 44.4 Å². The second-order valence-electron chi connectivity index (χ2n) is 6.32. The van der Waals surface area contributed by atoms with E-state index in [0.29, 0.717) is 19.8 Å². The van der Waals surface area contributed by atoms with Crippen LogP contribution in [0.15, 0.2) is 24.3 Å². The van der Waals surface area contributed by atoms with Crippen molar-refractivity contribution in [3.8, 4) is 5.75 Å². The van der Waals surface area contributed by atoms with Gasteiger partial charge in [-0.05, 0) is 36.6 Å². The molecule has 1 N–H and O–H groups in total. The summed E-state index contributed by atoms with van der Waals surface area (Å²) >= 11 is 0. The summed E-state index contributed by atoms with van der Waals surface area (Å²) in [6.07, 6.45) is -4.35. The number of hydrogen-bond acceptors (Lipinski definition) is 5. The summed E-state index contributed by atoms with van der Waals surface area (Å²) in [6, 6.07) is 5.82. The first-order chi connectivity index (χ1) is 12.4. The van der Waals surface area contributed by atoms with Gasteiger partial charge in [-0.15, -0.1) is 13.2 Å². The van der Waals surface area contributed by atoms with E-state index in [1.807, 2.05) is 0 Å². The third kappa shape index (κ3) is 5.25. The van der Waals surface area contributed by atoms with Gasteiger partial charge in [0, 0.05) is 25.3 Å². The van der Waals surface area contributed by atoms with Crippen molar-refractivity contribution >= 4 is 11.6 Å². The summed E-state index contributed by atoms with van der Waals surface area (Å²) < 4.78 is 51.0. The summed E-state index contributed by atoms with van der Waals surface area (Å²) in [6.45, 7) is 3.24. The first-order valence-electron chi connectivity index (χ1n) is 8.48. The van der Waals surface area contributed by atoms with Crippen LogP contribution in [0, 0.1) is 5.92 Å². The molecule has 0 aromatic heterocycles. The molecule has 3 rings (SSSR count). The Morgan fingerprint density at radius 1 is 1.27 bits per heavy atom. The van der Waals surface area contributed by atoms with Gasteiger partial charge in [-0.25, -0.2) is 0 Å². The Hall–Kier alpha value is -2.00. The molecular formula is C17H21F3N2O4. The molecule has 0 spiro atoms. The lowest BCUT2D eigenvalue weighted by molar-refractivity contribution is -0.274. The van der Waals surface area contributed by atoms with E-state index in [-0.39, 0.29) is 24.2 Å². The highest BCUT2D eigenvalue weighted by atomic mass is 19.4. The van der Waals surface area contributed by atoms with E-state index in [2.05, 4.69) is 15.0 Å².